The molecule has 0 saturated carbocycles. The average molecular weight is 587 g/mol. The number of aryl methyl sites for hydroxylation is 3. The number of alkyl halides is 3. The average Bonchev–Trinajstić information content (AvgIpc) is 2.86. The van der Waals surface area contributed by atoms with Crippen LogP contribution in [-0.2, 0) is 14.8 Å². The molecule has 1 saturated heterocycles. The van der Waals surface area contributed by atoms with E-state index in [-0.39, 0.29) is 10.8 Å². The van der Waals surface area contributed by atoms with E-state index in [1.165, 1.54) is 0 Å². The van der Waals surface area contributed by atoms with Crippen molar-refractivity contribution in [3.8, 4) is 0 Å². The van der Waals surface area contributed by atoms with Gasteiger partial charge in [-0.3, -0.25) is 9.52 Å². The zero-order valence-electron chi connectivity index (χ0n) is 23.4. The molecule has 1 aliphatic rings. The Balaban J connectivity index is 0.000000708. The Morgan fingerprint density at radius 1 is 1.07 bits per heavy atom. The molecule has 13 heteroatoms. The van der Waals surface area contributed by atoms with Crippen LogP contribution >= 0.6 is 0 Å². The van der Waals surface area contributed by atoms with Gasteiger partial charge in [0.15, 0.2) is 0 Å². The van der Waals surface area contributed by atoms with E-state index in [1.54, 1.807) is 37.9 Å². The second kappa shape index (κ2) is 13.8. The van der Waals surface area contributed by atoms with E-state index < -0.39 is 22.2 Å². The van der Waals surface area contributed by atoms with Gasteiger partial charge >= 0.3 is 12.1 Å². The van der Waals surface area contributed by atoms with Gasteiger partial charge < -0.3 is 20.2 Å². The predicted molar refractivity (Wildman–Crippen MR) is 149 cm³/mol. The third-order valence-electron chi connectivity index (χ3n) is 6.25. The summed E-state index contributed by atoms with van der Waals surface area (Å²) in [5.41, 5.74) is 4.18. The molecule has 222 valence electrons. The molecule has 1 fully saturated rings. The molecule has 0 aliphatic carbocycles. The molecule has 0 atom stereocenters. The maximum absolute atomic E-state index is 13.4. The van der Waals surface area contributed by atoms with E-state index in [2.05, 4.69) is 21.9 Å². The van der Waals surface area contributed by atoms with Crippen molar-refractivity contribution < 1.29 is 36.3 Å². The molecule has 1 heterocycles. The summed E-state index contributed by atoms with van der Waals surface area (Å²) in [5.74, 6) is -2.85. The summed E-state index contributed by atoms with van der Waals surface area (Å²) < 4.78 is 61.0. The number of unbranched alkanes of at least 4 members (excludes halogenated alkanes) is 1. The number of sulfonamides is 1. The molecule has 0 bridgehead atoms. The van der Waals surface area contributed by atoms with Gasteiger partial charge in [0, 0.05) is 51.1 Å². The lowest BCUT2D eigenvalue weighted by molar-refractivity contribution is -0.192. The first-order chi connectivity index (χ1) is 18.6. The summed E-state index contributed by atoms with van der Waals surface area (Å²) in [5, 5.41) is 10.5. The van der Waals surface area contributed by atoms with Crippen LogP contribution < -0.4 is 14.9 Å². The van der Waals surface area contributed by atoms with Gasteiger partial charge in [-0.1, -0.05) is 31.0 Å². The highest BCUT2D eigenvalue weighted by atomic mass is 32.2. The number of carbonyl (C=O) groups is 2. The number of piperazine rings is 1. The lowest BCUT2D eigenvalue weighted by Gasteiger charge is -2.32. The number of carboxylic acid groups (broad SMARTS) is 1. The lowest BCUT2D eigenvalue weighted by Crippen LogP contribution is -2.44. The Bertz CT molecular complexity index is 1290. The highest BCUT2D eigenvalue weighted by Gasteiger charge is 2.38. The second-order valence-electron chi connectivity index (χ2n) is 9.69. The Labute approximate surface area is 233 Å². The highest BCUT2D eigenvalue weighted by molar-refractivity contribution is 7.92. The first-order valence-electron chi connectivity index (χ1n) is 12.8. The summed E-state index contributed by atoms with van der Waals surface area (Å²) in [7, 11) is -2.00. The molecule has 40 heavy (non-hydrogen) atoms. The van der Waals surface area contributed by atoms with Crippen LogP contribution in [0.25, 0.3) is 0 Å². The fourth-order valence-electron chi connectivity index (χ4n) is 4.45. The number of anilines is 2. The maximum atomic E-state index is 13.4. The van der Waals surface area contributed by atoms with E-state index >= 15 is 0 Å². The molecule has 1 aliphatic heterocycles. The molecule has 9 nitrogen and oxygen atoms in total. The first-order valence-corrected chi connectivity index (χ1v) is 14.3. The normalized spacial score (nSPS) is 13.8. The van der Waals surface area contributed by atoms with Crippen molar-refractivity contribution in [3.05, 3.63) is 52.6 Å². The summed E-state index contributed by atoms with van der Waals surface area (Å²) in [4.78, 5) is 26.4. The quantitative estimate of drug-likeness (QED) is 0.421. The van der Waals surface area contributed by atoms with Crippen LogP contribution in [0.15, 0.2) is 35.2 Å². The summed E-state index contributed by atoms with van der Waals surface area (Å²) in [6.45, 7) is 11.6. The Hall–Kier alpha value is -3.32. The number of aliphatic carboxylic acids is 1. The van der Waals surface area contributed by atoms with Gasteiger partial charge in [-0.25, -0.2) is 13.2 Å². The minimum Gasteiger partial charge on any atom is -0.475 e. The van der Waals surface area contributed by atoms with Crippen LogP contribution in [-0.4, -0.2) is 76.2 Å². The topological polar surface area (TPSA) is 119 Å². The number of benzene rings is 2. The van der Waals surface area contributed by atoms with Gasteiger partial charge in [0.25, 0.3) is 15.9 Å². The van der Waals surface area contributed by atoms with Gasteiger partial charge in [0.05, 0.1) is 10.5 Å². The standard InChI is InChI=1S/C25H36N4O3S.C2HF3O2/c1-6-7-12-28(5)25(30)22-17-21(8-9-23(22)29-13-10-26-11-14-29)27-33(31,32)24-19(3)15-18(2)16-20(24)4;3-2(4,5)1(6)7/h8-9,15-17,26-27H,6-7,10-14H2,1-5H3;(H,6,7). The largest absolute Gasteiger partial charge is 0.490 e. The minimum atomic E-state index is -5.08. The SMILES string of the molecule is CCCCN(C)C(=O)c1cc(NS(=O)(=O)c2c(C)cc(C)cc2C)ccc1N1CCNCC1.O=C(O)C(F)(F)F. The van der Waals surface area contributed by atoms with Gasteiger partial charge in [-0.05, 0) is 56.5 Å². The van der Waals surface area contributed by atoms with Crippen molar-refractivity contribution in [2.75, 3.05) is 49.4 Å². The minimum absolute atomic E-state index is 0.0965. The van der Waals surface area contributed by atoms with Crippen molar-refractivity contribution >= 4 is 33.3 Å². The predicted octanol–water partition coefficient (Wildman–Crippen LogP) is 4.33. The van der Waals surface area contributed by atoms with Crippen LogP contribution in [0.3, 0.4) is 0 Å². The van der Waals surface area contributed by atoms with Crippen molar-refractivity contribution in [1.29, 1.82) is 0 Å². The van der Waals surface area contributed by atoms with Crippen LogP contribution in [0.5, 0.6) is 0 Å². The molecule has 2 aromatic rings. The number of amides is 1. The molecule has 2 aromatic carbocycles. The van der Waals surface area contributed by atoms with Crippen molar-refractivity contribution in [1.82, 2.24) is 10.2 Å². The van der Waals surface area contributed by atoms with Crippen LogP contribution in [0.2, 0.25) is 0 Å². The molecule has 1 amide bonds. The fraction of sp³-hybridized carbons (Fsp3) is 0.481. The van der Waals surface area contributed by atoms with Gasteiger partial charge in [-0.15, -0.1) is 0 Å². The number of rotatable bonds is 8. The molecule has 0 spiro atoms. The third kappa shape index (κ3) is 8.85. The number of carbonyl (C=O) groups excluding carboxylic acids is 1. The summed E-state index contributed by atoms with van der Waals surface area (Å²) in [6, 6.07) is 9.02. The van der Waals surface area contributed by atoms with Crippen molar-refractivity contribution in [3.63, 3.8) is 0 Å². The number of hydrogen-bond donors (Lipinski definition) is 3. The van der Waals surface area contributed by atoms with Crippen molar-refractivity contribution in [2.24, 2.45) is 0 Å². The molecular weight excluding hydrogens is 549 g/mol. The molecule has 0 aromatic heterocycles. The zero-order valence-corrected chi connectivity index (χ0v) is 24.2. The van der Waals surface area contributed by atoms with Crippen LogP contribution in [0.4, 0.5) is 24.5 Å². The van der Waals surface area contributed by atoms with Crippen molar-refractivity contribution in [2.45, 2.75) is 51.6 Å². The second-order valence-corrected chi connectivity index (χ2v) is 11.3. The number of nitrogens with one attached hydrogen (secondary N) is 2. The van der Waals surface area contributed by atoms with Gasteiger partial charge in [0.1, 0.15) is 0 Å². The number of hydrogen-bond acceptors (Lipinski definition) is 6. The van der Waals surface area contributed by atoms with Crippen LogP contribution in [0, 0.1) is 20.8 Å². The lowest BCUT2D eigenvalue weighted by atomic mass is 10.1. The van der Waals surface area contributed by atoms with Gasteiger partial charge in [-0.2, -0.15) is 13.2 Å². The van der Waals surface area contributed by atoms with Gasteiger partial charge in [0.2, 0.25) is 0 Å². The van der Waals surface area contributed by atoms with E-state index in [0.717, 1.165) is 50.3 Å². The smallest absolute Gasteiger partial charge is 0.475 e. The number of nitrogens with zero attached hydrogens (tertiary/aromatic N) is 2. The monoisotopic (exact) mass is 586 g/mol. The molecule has 3 rings (SSSR count). The Morgan fingerprint density at radius 2 is 1.62 bits per heavy atom. The fourth-order valence-corrected chi connectivity index (χ4v) is 5.96. The Kier molecular flexibility index (Phi) is 11.4. The van der Waals surface area contributed by atoms with E-state index in [4.69, 9.17) is 9.90 Å². The van der Waals surface area contributed by atoms with E-state index in [0.29, 0.717) is 28.9 Å². The first kappa shape index (κ1) is 32.9. The van der Waals surface area contributed by atoms with Crippen LogP contribution in [0.1, 0.15) is 46.8 Å². The zero-order chi connectivity index (χ0) is 30.3. The maximum Gasteiger partial charge on any atom is 0.490 e. The highest BCUT2D eigenvalue weighted by Crippen LogP contribution is 2.29. The molecule has 3 N–H and O–H groups in total. The number of carboxylic acids is 1. The molecular formula is C27H37F3N4O5S. The third-order valence-corrected chi connectivity index (χ3v) is 7.93. The Morgan fingerprint density at radius 3 is 2.12 bits per heavy atom. The van der Waals surface area contributed by atoms with E-state index in [1.807, 2.05) is 25.1 Å². The molecule has 0 radical (unpaired) electrons. The molecule has 0 unspecified atom stereocenters. The van der Waals surface area contributed by atoms with E-state index in [9.17, 15) is 26.4 Å². The summed E-state index contributed by atoms with van der Waals surface area (Å²) in [6.07, 6.45) is -3.17. The summed E-state index contributed by atoms with van der Waals surface area (Å²) >= 11 is 0. The number of halogens is 3.